The molecule has 34 heavy (non-hydrogen) atoms. The minimum atomic E-state index is -0.434. The molecular formula is C26H30BrFN4O2. The molecule has 180 valence electrons. The van der Waals surface area contributed by atoms with Crippen LogP contribution in [0.2, 0.25) is 0 Å². The first-order valence-corrected chi connectivity index (χ1v) is 12.2. The summed E-state index contributed by atoms with van der Waals surface area (Å²) < 4.78 is 21.1. The Morgan fingerprint density at radius 1 is 1.12 bits per heavy atom. The van der Waals surface area contributed by atoms with Crippen molar-refractivity contribution in [2.45, 2.75) is 33.1 Å². The Balaban J connectivity index is 1.75. The lowest BCUT2D eigenvalue weighted by molar-refractivity contribution is 0.102. The second kappa shape index (κ2) is 12.6. The lowest BCUT2D eigenvalue weighted by Gasteiger charge is -2.17. The van der Waals surface area contributed by atoms with Gasteiger partial charge in [0, 0.05) is 40.5 Å². The van der Waals surface area contributed by atoms with Crippen molar-refractivity contribution in [3.05, 3.63) is 81.3 Å². The number of carbonyl (C=O) groups is 1. The minimum Gasteiger partial charge on any atom is -0.496 e. The summed E-state index contributed by atoms with van der Waals surface area (Å²) in [6, 6.07) is 12.1. The summed E-state index contributed by atoms with van der Waals surface area (Å²) in [6.45, 7) is 7.07. The van der Waals surface area contributed by atoms with Crippen molar-refractivity contribution in [2.75, 3.05) is 32.1 Å². The van der Waals surface area contributed by atoms with E-state index in [1.807, 2.05) is 24.3 Å². The number of benzene rings is 2. The molecule has 0 saturated carbocycles. The molecule has 8 heteroatoms. The van der Waals surface area contributed by atoms with E-state index >= 15 is 0 Å². The number of hydrogen-bond acceptors (Lipinski definition) is 5. The number of ether oxygens (including phenoxy) is 1. The van der Waals surface area contributed by atoms with E-state index in [0.29, 0.717) is 18.4 Å². The van der Waals surface area contributed by atoms with Crippen LogP contribution < -0.4 is 10.1 Å². The van der Waals surface area contributed by atoms with E-state index in [1.165, 1.54) is 12.1 Å². The van der Waals surface area contributed by atoms with Crippen molar-refractivity contribution in [1.82, 2.24) is 14.9 Å². The van der Waals surface area contributed by atoms with Crippen LogP contribution in [0.1, 0.15) is 41.0 Å². The van der Waals surface area contributed by atoms with Crippen molar-refractivity contribution in [3.63, 3.8) is 0 Å². The van der Waals surface area contributed by atoms with E-state index in [2.05, 4.69) is 50.0 Å². The number of likely N-dealkylation sites (N-methyl/N-ethyl adjacent to an activating group) is 1. The van der Waals surface area contributed by atoms with E-state index < -0.39 is 11.7 Å². The van der Waals surface area contributed by atoms with Gasteiger partial charge in [-0.1, -0.05) is 35.8 Å². The number of hydrogen-bond donors (Lipinski definition) is 1. The van der Waals surface area contributed by atoms with Gasteiger partial charge in [-0.15, -0.1) is 0 Å². The third-order valence-electron chi connectivity index (χ3n) is 5.77. The van der Waals surface area contributed by atoms with Gasteiger partial charge in [0.1, 0.15) is 11.6 Å². The maximum atomic E-state index is 14.8. The van der Waals surface area contributed by atoms with Crippen LogP contribution in [-0.2, 0) is 19.3 Å². The molecule has 0 fully saturated rings. The van der Waals surface area contributed by atoms with E-state index in [9.17, 15) is 9.18 Å². The van der Waals surface area contributed by atoms with E-state index in [0.717, 1.165) is 47.5 Å². The monoisotopic (exact) mass is 528 g/mol. The molecule has 0 radical (unpaired) electrons. The summed E-state index contributed by atoms with van der Waals surface area (Å²) in [5.74, 6) is 0.0819. The SMILES string of the molecule is CCN(CC)CCc1ccnc(NC(=O)c2cccc(F)c2CCc2cc(Br)ccc2OC)n1. The van der Waals surface area contributed by atoms with Crippen molar-refractivity contribution in [1.29, 1.82) is 0 Å². The molecule has 0 unspecified atom stereocenters. The Morgan fingerprint density at radius 3 is 2.65 bits per heavy atom. The van der Waals surface area contributed by atoms with Crippen molar-refractivity contribution in [3.8, 4) is 5.75 Å². The average molecular weight is 529 g/mol. The van der Waals surface area contributed by atoms with E-state index in [1.54, 1.807) is 19.4 Å². The second-order valence-electron chi connectivity index (χ2n) is 7.82. The van der Waals surface area contributed by atoms with Crippen LogP contribution in [0.4, 0.5) is 10.3 Å². The smallest absolute Gasteiger partial charge is 0.258 e. The summed E-state index contributed by atoms with van der Waals surface area (Å²) in [6.07, 6.45) is 3.24. The Morgan fingerprint density at radius 2 is 1.91 bits per heavy atom. The molecule has 3 rings (SSSR count). The lowest BCUT2D eigenvalue weighted by Crippen LogP contribution is -2.25. The van der Waals surface area contributed by atoms with Gasteiger partial charge in [-0.05, 0) is 67.9 Å². The zero-order valence-electron chi connectivity index (χ0n) is 19.8. The van der Waals surface area contributed by atoms with Crippen molar-refractivity contribution >= 4 is 27.8 Å². The number of methoxy groups -OCH3 is 1. The molecule has 0 aliphatic carbocycles. The summed E-state index contributed by atoms with van der Waals surface area (Å²) in [5.41, 5.74) is 2.39. The molecule has 0 atom stereocenters. The quantitative estimate of drug-likeness (QED) is 0.365. The van der Waals surface area contributed by atoms with Gasteiger partial charge in [0.25, 0.3) is 5.91 Å². The van der Waals surface area contributed by atoms with E-state index in [4.69, 9.17) is 4.74 Å². The fourth-order valence-electron chi connectivity index (χ4n) is 3.80. The number of carbonyl (C=O) groups excluding carboxylic acids is 1. The Labute approximate surface area is 208 Å². The van der Waals surface area contributed by atoms with Gasteiger partial charge in [-0.2, -0.15) is 0 Å². The normalized spacial score (nSPS) is 11.0. The van der Waals surface area contributed by atoms with Crippen LogP contribution >= 0.6 is 15.9 Å². The number of aryl methyl sites for hydroxylation is 1. The molecule has 1 amide bonds. The molecule has 0 saturated heterocycles. The fraction of sp³-hybridized carbons (Fsp3) is 0.346. The molecule has 6 nitrogen and oxygen atoms in total. The molecule has 0 aliphatic rings. The van der Waals surface area contributed by atoms with Gasteiger partial charge < -0.3 is 9.64 Å². The molecule has 2 aromatic carbocycles. The molecule has 1 N–H and O–H groups in total. The number of rotatable bonds is 11. The number of aromatic nitrogens is 2. The van der Waals surface area contributed by atoms with Gasteiger partial charge in [-0.3, -0.25) is 10.1 Å². The highest BCUT2D eigenvalue weighted by atomic mass is 79.9. The zero-order chi connectivity index (χ0) is 24.5. The molecule has 3 aromatic rings. The molecule has 0 aliphatic heterocycles. The predicted molar refractivity (Wildman–Crippen MR) is 136 cm³/mol. The first-order valence-electron chi connectivity index (χ1n) is 11.4. The first-order chi connectivity index (χ1) is 16.4. The zero-order valence-corrected chi connectivity index (χ0v) is 21.4. The molecule has 0 spiro atoms. The molecular weight excluding hydrogens is 499 g/mol. The number of nitrogens with one attached hydrogen (secondary N) is 1. The summed E-state index contributed by atoms with van der Waals surface area (Å²) in [5, 5.41) is 2.74. The van der Waals surface area contributed by atoms with Crippen LogP contribution in [0.5, 0.6) is 5.75 Å². The van der Waals surface area contributed by atoms with Gasteiger partial charge in [0.05, 0.1) is 7.11 Å². The van der Waals surface area contributed by atoms with Crippen LogP contribution in [0.25, 0.3) is 0 Å². The maximum Gasteiger partial charge on any atom is 0.258 e. The van der Waals surface area contributed by atoms with Crippen LogP contribution in [0.3, 0.4) is 0 Å². The maximum absolute atomic E-state index is 14.8. The average Bonchev–Trinajstić information content (AvgIpc) is 2.84. The molecule has 1 heterocycles. The molecule has 1 aromatic heterocycles. The Bertz CT molecular complexity index is 1120. The van der Waals surface area contributed by atoms with Gasteiger partial charge in [0.2, 0.25) is 5.95 Å². The largest absolute Gasteiger partial charge is 0.496 e. The topological polar surface area (TPSA) is 67.4 Å². The first kappa shape index (κ1) is 25.8. The fourth-order valence-corrected chi connectivity index (χ4v) is 4.21. The highest BCUT2D eigenvalue weighted by molar-refractivity contribution is 9.10. The molecule has 0 bridgehead atoms. The minimum absolute atomic E-state index is 0.214. The van der Waals surface area contributed by atoms with Crippen LogP contribution in [-0.4, -0.2) is 47.5 Å². The van der Waals surface area contributed by atoms with Gasteiger partial charge in [-0.25, -0.2) is 14.4 Å². The number of nitrogens with zero attached hydrogens (tertiary/aromatic N) is 3. The standard InChI is InChI=1S/C26H30BrFN4O2/c1-4-32(5-2)16-14-20-13-15-29-26(30-20)31-25(33)22-7-6-8-23(28)21(22)11-9-18-17-19(27)10-12-24(18)34-3/h6-8,10,12-13,15,17H,4-5,9,11,14,16H2,1-3H3,(H,29,30,31,33). The number of amides is 1. The van der Waals surface area contributed by atoms with Crippen molar-refractivity contribution < 1.29 is 13.9 Å². The number of anilines is 1. The number of halogens is 2. The summed E-state index contributed by atoms with van der Waals surface area (Å²) in [7, 11) is 1.60. The lowest BCUT2D eigenvalue weighted by atomic mass is 9.98. The Hall–Kier alpha value is -2.84. The van der Waals surface area contributed by atoms with Gasteiger partial charge >= 0.3 is 0 Å². The van der Waals surface area contributed by atoms with Gasteiger partial charge in [0.15, 0.2) is 0 Å². The Kier molecular flexibility index (Phi) is 9.53. The highest BCUT2D eigenvalue weighted by Gasteiger charge is 2.17. The summed E-state index contributed by atoms with van der Waals surface area (Å²) in [4.78, 5) is 24.0. The van der Waals surface area contributed by atoms with Crippen molar-refractivity contribution in [2.24, 2.45) is 0 Å². The second-order valence-corrected chi connectivity index (χ2v) is 8.74. The van der Waals surface area contributed by atoms with E-state index in [-0.39, 0.29) is 11.5 Å². The summed E-state index contributed by atoms with van der Waals surface area (Å²) >= 11 is 3.46. The van der Waals surface area contributed by atoms with Crippen LogP contribution in [0.15, 0.2) is 53.1 Å². The highest BCUT2D eigenvalue weighted by Crippen LogP contribution is 2.26. The third-order valence-corrected chi connectivity index (χ3v) is 6.26. The van der Waals surface area contributed by atoms with Crippen LogP contribution in [0, 0.1) is 5.82 Å². The third kappa shape index (κ3) is 6.84. The predicted octanol–water partition coefficient (Wildman–Crippen LogP) is 5.31.